The Hall–Kier alpha value is -0.990. The number of hydrogen-bond acceptors (Lipinski definition) is 5. The van der Waals surface area contributed by atoms with E-state index in [0.717, 1.165) is 9.35 Å². The predicted octanol–water partition coefficient (Wildman–Crippen LogP) is 3.87. The van der Waals surface area contributed by atoms with Crippen LogP contribution < -0.4 is 5.32 Å². The summed E-state index contributed by atoms with van der Waals surface area (Å²) in [6.07, 6.45) is 0. The average Bonchev–Trinajstić information content (AvgIpc) is 2.78. The highest BCUT2D eigenvalue weighted by Gasteiger charge is 2.18. The maximum Gasteiger partial charge on any atom is 0.237 e. The molecule has 1 aromatic heterocycles. The Morgan fingerprint density at radius 1 is 1.50 bits per heavy atom. The van der Waals surface area contributed by atoms with Crippen molar-refractivity contribution in [2.45, 2.75) is 23.4 Å². The fraction of sp³-hybridized carbons (Fsp3) is 0.250. The summed E-state index contributed by atoms with van der Waals surface area (Å²) in [7, 11) is 0. The third kappa shape index (κ3) is 4.00. The standard InChI is InChI=1S/C12H11BrFN3OS2/c1-6(19-12-17-16-7(2)20-12)11(18)15-10-4-3-8(13)5-9(10)14/h3-6H,1-2H3,(H,15,18). The van der Waals surface area contributed by atoms with E-state index in [4.69, 9.17) is 0 Å². The number of nitrogens with zero attached hydrogens (tertiary/aromatic N) is 2. The van der Waals surface area contributed by atoms with Crippen molar-refractivity contribution in [2.75, 3.05) is 5.32 Å². The van der Waals surface area contributed by atoms with Gasteiger partial charge in [-0.05, 0) is 32.0 Å². The monoisotopic (exact) mass is 375 g/mol. The molecule has 0 aliphatic carbocycles. The number of hydrogen-bond donors (Lipinski definition) is 1. The second kappa shape index (κ2) is 6.64. The number of benzene rings is 1. The molecule has 106 valence electrons. The summed E-state index contributed by atoms with van der Waals surface area (Å²) in [6.45, 7) is 3.59. The smallest absolute Gasteiger partial charge is 0.237 e. The van der Waals surface area contributed by atoms with E-state index >= 15 is 0 Å². The summed E-state index contributed by atoms with van der Waals surface area (Å²) in [5.41, 5.74) is 0.166. The first-order valence-electron chi connectivity index (χ1n) is 5.68. The number of amides is 1. The van der Waals surface area contributed by atoms with Gasteiger partial charge in [0.05, 0.1) is 10.9 Å². The van der Waals surface area contributed by atoms with Gasteiger partial charge in [0.1, 0.15) is 10.8 Å². The number of aryl methyl sites for hydroxylation is 1. The molecule has 1 amide bonds. The maximum atomic E-state index is 13.6. The Morgan fingerprint density at radius 3 is 2.85 bits per heavy atom. The fourth-order valence-corrected chi connectivity index (χ4v) is 3.65. The van der Waals surface area contributed by atoms with Crippen LogP contribution in [0.15, 0.2) is 27.0 Å². The summed E-state index contributed by atoms with van der Waals surface area (Å²) >= 11 is 5.89. The number of carbonyl (C=O) groups is 1. The van der Waals surface area contributed by atoms with Gasteiger partial charge in [0, 0.05) is 4.47 Å². The molecule has 2 rings (SSSR count). The molecule has 0 saturated carbocycles. The van der Waals surface area contributed by atoms with Gasteiger partial charge in [0.2, 0.25) is 5.91 Å². The van der Waals surface area contributed by atoms with Gasteiger partial charge in [-0.2, -0.15) is 0 Å². The fourth-order valence-electron chi connectivity index (χ4n) is 1.36. The first-order chi connectivity index (χ1) is 9.45. The predicted molar refractivity (Wildman–Crippen MR) is 82.7 cm³/mol. The number of aromatic nitrogens is 2. The minimum absolute atomic E-state index is 0.166. The normalized spacial score (nSPS) is 12.2. The molecule has 1 heterocycles. The Morgan fingerprint density at radius 2 is 2.25 bits per heavy atom. The van der Waals surface area contributed by atoms with Gasteiger partial charge >= 0.3 is 0 Å². The lowest BCUT2D eigenvalue weighted by atomic mass is 10.3. The van der Waals surface area contributed by atoms with Crippen LogP contribution in [0.5, 0.6) is 0 Å². The maximum absolute atomic E-state index is 13.6. The van der Waals surface area contributed by atoms with Gasteiger partial charge < -0.3 is 5.32 Å². The third-order valence-corrected chi connectivity index (χ3v) is 4.86. The number of carbonyl (C=O) groups excluding carboxylic acids is 1. The quantitative estimate of drug-likeness (QED) is 0.824. The van der Waals surface area contributed by atoms with Crippen LogP contribution in [0.25, 0.3) is 0 Å². The molecule has 20 heavy (non-hydrogen) atoms. The van der Waals surface area contributed by atoms with E-state index in [9.17, 15) is 9.18 Å². The van der Waals surface area contributed by atoms with Gasteiger partial charge in [-0.15, -0.1) is 10.2 Å². The molecule has 1 N–H and O–H groups in total. The zero-order valence-electron chi connectivity index (χ0n) is 10.7. The van der Waals surface area contributed by atoms with Crippen LogP contribution in [0, 0.1) is 12.7 Å². The van der Waals surface area contributed by atoms with E-state index in [2.05, 4.69) is 31.4 Å². The Balaban J connectivity index is 2.00. The minimum atomic E-state index is -0.475. The number of rotatable bonds is 4. The molecule has 0 aliphatic rings. The van der Waals surface area contributed by atoms with E-state index in [-0.39, 0.29) is 16.8 Å². The second-order valence-corrected chi connectivity index (χ2v) is 7.65. The van der Waals surface area contributed by atoms with Crippen LogP contribution >= 0.6 is 39.0 Å². The lowest BCUT2D eigenvalue weighted by molar-refractivity contribution is -0.115. The van der Waals surface area contributed by atoms with Gasteiger partial charge in [0.15, 0.2) is 4.34 Å². The molecule has 1 atom stereocenters. The molecule has 4 nitrogen and oxygen atoms in total. The van der Waals surface area contributed by atoms with Crippen molar-refractivity contribution in [1.29, 1.82) is 0 Å². The highest BCUT2D eigenvalue weighted by Crippen LogP contribution is 2.27. The van der Waals surface area contributed by atoms with Crippen molar-refractivity contribution in [3.8, 4) is 0 Å². The number of thioether (sulfide) groups is 1. The van der Waals surface area contributed by atoms with Crippen molar-refractivity contribution in [3.63, 3.8) is 0 Å². The first kappa shape index (κ1) is 15.4. The van der Waals surface area contributed by atoms with Crippen molar-refractivity contribution < 1.29 is 9.18 Å². The molecule has 0 aliphatic heterocycles. The summed E-state index contributed by atoms with van der Waals surface area (Å²) in [5.74, 6) is -0.749. The number of halogens is 2. The van der Waals surface area contributed by atoms with E-state index in [1.54, 1.807) is 13.0 Å². The highest BCUT2D eigenvalue weighted by atomic mass is 79.9. The van der Waals surface area contributed by atoms with Crippen LogP contribution in [-0.2, 0) is 4.79 Å². The van der Waals surface area contributed by atoms with E-state index < -0.39 is 5.82 Å². The van der Waals surface area contributed by atoms with Crippen LogP contribution in [0.1, 0.15) is 11.9 Å². The molecule has 8 heteroatoms. The molecular formula is C12H11BrFN3OS2. The van der Waals surface area contributed by atoms with Gasteiger partial charge in [-0.1, -0.05) is 39.0 Å². The SMILES string of the molecule is Cc1nnc(SC(C)C(=O)Nc2ccc(Br)cc2F)s1. The Bertz CT molecular complexity index is 635. The largest absolute Gasteiger partial charge is 0.323 e. The Kier molecular flexibility index (Phi) is 5.11. The van der Waals surface area contributed by atoms with Crippen molar-refractivity contribution in [3.05, 3.63) is 33.5 Å². The summed E-state index contributed by atoms with van der Waals surface area (Å²) in [6, 6.07) is 4.50. The lowest BCUT2D eigenvalue weighted by Crippen LogP contribution is -2.22. The van der Waals surface area contributed by atoms with Crippen molar-refractivity contribution in [1.82, 2.24) is 10.2 Å². The molecule has 0 spiro atoms. The highest BCUT2D eigenvalue weighted by molar-refractivity contribution is 9.10. The number of nitrogens with one attached hydrogen (secondary N) is 1. The molecule has 1 aromatic carbocycles. The van der Waals surface area contributed by atoms with Gasteiger partial charge in [-0.3, -0.25) is 4.79 Å². The molecular weight excluding hydrogens is 365 g/mol. The van der Waals surface area contributed by atoms with Crippen LogP contribution in [0.2, 0.25) is 0 Å². The summed E-state index contributed by atoms with van der Waals surface area (Å²) in [5, 5.41) is 10.9. The second-order valence-electron chi connectivity index (χ2n) is 3.96. The molecule has 0 fully saturated rings. The van der Waals surface area contributed by atoms with Crippen molar-refractivity contribution >= 4 is 50.6 Å². The molecule has 1 unspecified atom stereocenters. The van der Waals surface area contributed by atoms with Crippen LogP contribution in [0.4, 0.5) is 10.1 Å². The van der Waals surface area contributed by atoms with Crippen LogP contribution in [-0.4, -0.2) is 21.4 Å². The molecule has 0 saturated heterocycles. The van der Waals surface area contributed by atoms with E-state index in [1.165, 1.54) is 35.2 Å². The number of anilines is 1. The summed E-state index contributed by atoms with van der Waals surface area (Å²) < 4.78 is 15.0. The molecule has 0 radical (unpaired) electrons. The van der Waals surface area contributed by atoms with Gasteiger partial charge in [-0.25, -0.2) is 4.39 Å². The molecule has 2 aromatic rings. The molecule has 0 bridgehead atoms. The minimum Gasteiger partial charge on any atom is -0.323 e. The first-order valence-corrected chi connectivity index (χ1v) is 8.17. The lowest BCUT2D eigenvalue weighted by Gasteiger charge is -2.11. The van der Waals surface area contributed by atoms with E-state index in [1.807, 2.05) is 6.92 Å². The third-order valence-electron chi connectivity index (χ3n) is 2.34. The zero-order chi connectivity index (χ0) is 14.7. The zero-order valence-corrected chi connectivity index (χ0v) is 13.9. The van der Waals surface area contributed by atoms with Gasteiger partial charge in [0.25, 0.3) is 0 Å². The average molecular weight is 376 g/mol. The van der Waals surface area contributed by atoms with E-state index in [0.29, 0.717) is 4.47 Å². The van der Waals surface area contributed by atoms with Crippen LogP contribution in [0.3, 0.4) is 0 Å². The topological polar surface area (TPSA) is 54.9 Å². The summed E-state index contributed by atoms with van der Waals surface area (Å²) in [4.78, 5) is 12.0. The van der Waals surface area contributed by atoms with Crippen molar-refractivity contribution in [2.24, 2.45) is 0 Å². The Labute approximate surface area is 132 Å².